The molecule has 0 spiro atoms. The Bertz CT molecular complexity index is 1500. The van der Waals surface area contributed by atoms with Crippen molar-refractivity contribution in [3.05, 3.63) is 40.6 Å². The highest BCUT2D eigenvalue weighted by Crippen LogP contribution is 2.33. The molecule has 0 unspecified atom stereocenters. The zero-order chi connectivity index (χ0) is 29.4. The molecule has 3 N–H and O–H groups in total. The number of carbonyl (C=O) groups is 2. The number of amides is 2. The van der Waals surface area contributed by atoms with E-state index < -0.39 is 30.7 Å². The quantitative estimate of drug-likeness (QED) is 0.392. The molecule has 1 aliphatic rings. The van der Waals surface area contributed by atoms with Gasteiger partial charge >= 0.3 is 6.18 Å². The van der Waals surface area contributed by atoms with Gasteiger partial charge in [0.05, 0.1) is 40.6 Å². The molecular formula is C23H26F3N7O4. The highest BCUT2D eigenvalue weighted by atomic mass is 19.4. The van der Waals surface area contributed by atoms with E-state index in [1.807, 2.05) is 5.32 Å². The Labute approximate surface area is 213 Å². The van der Waals surface area contributed by atoms with Crippen LogP contribution in [0.4, 0.5) is 30.4 Å². The molecule has 2 amide bonds. The minimum atomic E-state index is -4.75. The number of ether oxygens (including phenoxy) is 1. The van der Waals surface area contributed by atoms with Gasteiger partial charge < -0.3 is 25.3 Å². The highest BCUT2D eigenvalue weighted by Gasteiger charge is 2.39. The van der Waals surface area contributed by atoms with Crippen molar-refractivity contribution in [1.82, 2.24) is 24.6 Å². The van der Waals surface area contributed by atoms with Crippen molar-refractivity contribution in [3.63, 3.8) is 0 Å². The van der Waals surface area contributed by atoms with Crippen molar-refractivity contribution >= 4 is 39.9 Å². The van der Waals surface area contributed by atoms with E-state index in [-0.39, 0.29) is 58.6 Å². The number of methoxy groups -OCH3 is 1. The molecule has 0 aromatic carbocycles. The molecule has 0 saturated heterocycles. The summed E-state index contributed by atoms with van der Waals surface area (Å²) in [7, 11) is 1.45. The second-order valence-electron chi connectivity index (χ2n) is 8.56. The smallest absolute Gasteiger partial charge is 0.383 e. The van der Waals surface area contributed by atoms with Crippen molar-refractivity contribution < 1.29 is 31.6 Å². The Morgan fingerprint density at radius 2 is 2.05 bits per heavy atom. The van der Waals surface area contributed by atoms with E-state index in [4.69, 9.17) is 8.85 Å². The second-order valence-corrected chi connectivity index (χ2v) is 8.56. The van der Waals surface area contributed by atoms with Gasteiger partial charge in [0.15, 0.2) is 0 Å². The van der Waals surface area contributed by atoms with Crippen LogP contribution in [-0.4, -0.2) is 58.0 Å². The Morgan fingerprint density at radius 3 is 2.70 bits per heavy atom. The largest absolute Gasteiger partial charge is 0.410 e. The number of alkyl halides is 3. The van der Waals surface area contributed by atoms with Crippen LogP contribution in [0.5, 0.6) is 0 Å². The van der Waals surface area contributed by atoms with E-state index in [2.05, 4.69) is 20.7 Å². The van der Waals surface area contributed by atoms with Gasteiger partial charge in [0.25, 0.3) is 11.5 Å². The lowest BCUT2D eigenvalue weighted by Gasteiger charge is -2.17. The summed E-state index contributed by atoms with van der Waals surface area (Å²) in [6.07, 6.45) is 0.277. The van der Waals surface area contributed by atoms with Crippen LogP contribution >= 0.6 is 0 Å². The third-order valence-corrected chi connectivity index (χ3v) is 5.95. The fourth-order valence-corrected chi connectivity index (χ4v) is 3.70. The molecule has 1 aliphatic carbocycles. The van der Waals surface area contributed by atoms with Crippen LogP contribution in [0, 0.1) is 5.92 Å². The number of hydrogen-bond donors (Lipinski definition) is 3. The first-order valence-corrected chi connectivity index (χ1v) is 11.3. The van der Waals surface area contributed by atoms with E-state index in [0.717, 1.165) is 19.3 Å². The number of nitrogens with zero attached hydrogens (tertiary/aromatic N) is 4. The number of rotatable bonds is 9. The molecule has 0 radical (unpaired) electrons. The number of anilines is 3. The van der Waals surface area contributed by atoms with Crippen molar-refractivity contribution in [2.45, 2.75) is 38.5 Å². The van der Waals surface area contributed by atoms with Gasteiger partial charge in [-0.3, -0.25) is 14.4 Å². The van der Waals surface area contributed by atoms with E-state index in [0.29, 0.717) is 17.5 Å². The van der Waals surface area contributed by atoms with Crippen LogP contribution in [0.2, 0.25) is 0 Å². The van der Waals surface area contributed by atoms with Gasteiger partial charge in [-0.15, -0.1) is 0 Å². The van der Waals surface area contributed by atoms with Crippen molar-refractivity contribution in [2.24, 2.45) is 5.92 Å². The molecule has 4 rings (SSSR count). The average Bonchev–Trinajstić information content (AvgIpc) is 3.64. The van der Waals surface area contributed by atoms with Crippen molar-refractivity contribution in [3.8, 4) is 0 Å². The summed E-state index contributed by atoms with van der Waals surface area (Å²) in [6.45, 7) is -1.63. The first-order valence-electron chi connectivity index (χ1n) is 12.8. The molecule has 11 nitrogen and oxygen atoms in total. The first kappa shape index (κ1) is 22.3. The van der Waals surface area contributed by atoms with E-state index in [1.165, 1.54) is 23.9 Å². The maximum absolute atomic E-state index is 13.5. The van der Waals surface area contributed by atoms with Gasteiger partial charge in [0.1, 0.15) is 11.9 Å². The summed E-state index contributed by atoms with van der Waals surface area (Å²) in [6, 6.07) is -0.962. The number of hydrogen-bond acceptors (Lipinski definition) is 7. The average molecular weight is 525 g/mol. The molecule has 0 aliphatic heterocycles. The number of fused-ring (bicyclic) bond motifs is 1. The minimum absolute atomic E-state index is 0.00947. The van der Waals surface area contributed by atoms with Crippen LogP contribution in [-0.2, 0) is 16.1 Å². The summed E-state index contributed by atoms with van der Waals surface area (Å²) >= 11 is 0. The van der Waals surface area contributed by atoms with Gasteiger partial charge in [-0.25, -0.2) is 9.67 Å². The molecule has 198 valence electrons. The third kappa shape index (κ3) is 5.43. The van der Waals surface area contributed by atoms with Crippen molar-refractivity contribution in [2.75, 3.05) is 31.3 Å². The van der Waals surface area contributed by atoms with Gasteiger partial charge in [0.2, 0.25) is 5.91 Å². The van der Waals surface area contributed by atoms with Crippen molar-refractivity contribution in [1.29, 1.82) is 0 Å². The van der Waals surface area contributed by atoms with Crippen LogP contribution < -0.4 is 21.5 Å². The molecule has 1 saturated carbocycles. The molecule has 0 bridgehead atoms. The summed E-state index contributed by atoms with van der Waals surface area (Å²) in [4.78, 5) is 42.4. The van der Waals surface area contributed by atoms with Crippen LogP contribution in [0.3, 0.4) is 0 Å². The lowest BCUT2D eigenvalue weighted by molar-refractivity contribution is -0.166. The molecule has 3 aromatic heterocycles. The zero-order valence-corrected chi connectivity index (χ0v) is 19.8. The number of aromatic nitrogens is 4. The maximum atomic E-state index is 13.5. The Hall–Kier alpha value is -3.94. The van der Waals surface area contributed by atoms with Gasteiger partial charge in [-0.05, 0) is 19.8 Å². The Morgan fingerprint density at radius 1 is 1.30 bits per heavy atom. The van der Waals surface area contributed by atoms with Crippen LogP contribution in [0.25, 0.3) is 10.9 Å². The minimum Gasteiger partial charge on any atom is -0.383 e. The molecule has 1 atom stereocenters. The topological polar surface area (TPSA) is 132 Å². The fourth-order valence-electron chi connectivity index (χ4n) is 3.70. The van der Waals surface area contributed by atoms with E-state index >= 15 is 0 Å². The number of halogens is 3. The second kappa shape index (κ2) is 10.2. The summed E-state index contributed by atoms with van der Waals surface area (Å²) in [5.41, 5.74) is -1.15. The predicted molar refractivity (Wildman–Crippen MR) is 129 cm³/mol. The molecule has 37 heavy (non-hydrogen) atoms. The zero-order valence-electron chi connectivity index (χ0n) is 22.8. The van der Waals surface area contributed by atoms with Gasteiger partial charge in [-0.1, -0.05) is 0 Å². The number of pyridine rings is 1. The molecular weight excluding hydrogens is 495 g/mol. The van der Waals surface area contributed by atoms with E-state index in [1.54, 1.807) is 0 Å². The highest BCUT2D eigenvalue weighted by molar-refractivity contribution is 6.03. The van der Waals surface area contributed by atoms with E-state index in [9.17, 15) is 27.6 Å². The van der Waals surface area contributed by atoms with Crippen LogP contribution in [0.1, 0.15) is 40.3 Å². The Kier molecular flexibility index (Phi) is 6.14. The normalized spacial score (nSPS) is 16.0. The van der Waals surface area contributed by atoms with Gasteiger partial charge in [-0.2, -0.15) is 18.3 Å². The summed E-state index contributed by atoms with van der Waals surface area (Å²) in [5, 5.41) is 10.9. The predicted octanol–water partition coefficient (Wildman–Crippen LogP) is 2.81. The monoisotopic (exact) mass is 524 g/mol. The van der Waals surface area contributed by atoms with Gasteiger partial charge in [0, 0.05) is 49.1 Å². The summed E-state index contributed by atoms with van der Waals surface area (Å²) < 4.78 is 69.4. The summed E-state index contributed by atoms with van der Waals surface area (Å²) in [5.74, 6) is -1.46. The first-order chi connectivity index (χ1) is 18.7. The SMILES string of the molecule is [2H]C([2H])([2H])NC(=O)c1cnc(NC(=O)C2CC2)cc1Nc1cn(CCOC)c2cnn([C@@H](C)C(F)(F)F)c(=O)c12. The van der Waals surface area contributed by atoms with Crippen LogP contribution in [0.15, 0.2) is 29.5 Å². The number of nitrogens with one attached hydrogen (secondary N) is 3. The molecule has 3 aromatic rings. The third-order valence-electron chi connectivity index (χ3n) is 5.95. The molecule has 3 heterocycles. The Balaban J connectivity index is 1.84. The fraction of sp³-hybridized carbons (Fsp3) is 0.435. The number of carbonyl (C=O) groups excluding carboxylic acids is 2. The standard InChI is InChI=1S/C23H26F3N7O4/c1-12(23(24,25)26)33-22(36)19-16(11-32(6-7-37-3)17(19)10-29-33)30-15-8-18(31-20(34)13-4-5-13)28-9-14(15)21(35)27-2/h8-13H,4-7H2,1-3H3,(H,27,35)(H2,28,30,31,34)/t12-/m0/s1/i2D3. The maximum Gasteiger partial charge on any atom is 0.410 e. The lowest BCUT2D eigenvalue weighted by atomic mass is 10.2. The lowest BCUT2D eigenvalue weighted by Crippen LogP contribution is -2.34. The molecule has 1 fully saturated rings. The molecule has 14 heteroatoms.